The van der Waals surface area contributed by atoms with Crippen LogP contribution in [0.15, 0.2) is 22.3 Å². The molecule has 0 aliphatic heterocycles. The van der Waals surface area contributed by atoms with Gasteiger partial charge in [0.25, 0.3) is 5.56 Å². The minimum Gasteiger partial charge on any atom is -0.506 e. The minimum atomic E-state index is -0.755. The normalized spacial score (nSPS) is 11.3. The molecule has 0 bridgehead atoms. The number of aliphatic hydroxyl groups excluding tert-OH is 1. The molecule has 0 unspecified atom stereocenters. The summed E-state index contributed by atoms with van der Waals surface area (Å²) in [5.74, 6) is -1.12. The number of esters is 1. The SMILES string of the molecule is CCOC(=O)c1nnc(C=C(O)c2cccs2)c(=O)[nH]1. The Morgan fingerprint density at radius 1 is 1.55 bits per heavy atom. The van der Waals surface area contributed by atoms with Gasteiger partial charge in [0, 0.05) is 6.08 Å². The number of thiophene rings is 1. The van der Waals surface area contributed by atoms with E-state index in [0.29, 0.717) is 4.88 Å². The van der Waals surface area contributed by atoms with Crippen LogP contribution in [-0.2, 0) is 4.74 Å². The number of aromatic amines is 1. The van der Waals surface area contributed by atoms with E-state index < -0.39 is 11.5 Å². The lowest BCUT2D eigenvalue weighted by Crippen LogP contribution is -2.21. The van der Waals surface area contributed by atoms with E-state index in [1.54, 1.807) is 24.4 Å². The zero-order chi connectivity index (χ0) is 14.5. The molecule has 0 aliphatic carbocycles. The van der Waals surface area contributed by atoms with Gasteiger partial charge in [0.15, 0.2) is 5.69 Å². The molecular formula is C12H11N3O4S. The van der Waals surface area contributed by atoms with Gasteiger partial charge in [-0.15, -0.1) is 21.5 Å². The molecule has 2 N–H and O–H groups in total. The quantitative estimate of drug-likeness (QED) is 0.653. The van der Waals surface area contributed by atoms with Gasteiger partial charge in [-0.1, -0.05) is 6.07 Å². The highest BCUT2D eigenvalue weighted by molar-refractivity contribution is 7.11. The van der Waals surface area contributed by atoms with E-state index in [-0.39, 0.29) is 23.9 Å². The van der Waals surface area contributed by atoms with Crippen LogP contribution >= 0.6 is 11.3 Å². The van der Waals surface area contributed by atoms with Crippen molar-refractivity contribution >= 4 is 29.1 Å². The monoisotopic (exact) mass is 293 g/mol. The Morgan fingerprint density at radius 2 is 2.35 bits per heavy atom. The summed E-state index contributed by atoms with van der Waals surface area (Å²) in [5, 5.41) is 18.8. The van der Waals surface area contributed by atoms with Crippen molar-refractivity contribution < 1.29 is 14.6 Å². The summed E-state index contributed by atoms with van der Waals surface area (Å²) in [5.41, 5.74) is -0.727. The molecule has 0 aliphatic rings. The number of ether oxygens (including phenoxy) is 1. The highest BCUT2D eigenvalue weighted by Crippen LogP contribution is 2.18. The molecule has 2 heterocycles. The fourth-order valence-electron chi connectivity index (χ4n) is 1.36. The van der Waals surface area contributed by atoms with E-state index in [1.807, 2.05) is 0 Å². The Morgan fingerprint density at radius 3 is 2.95 bits per heavy atom. The number of aromatic nitrogens is 3. The van der Waals surface area contributed by atoms with Crippen molar-refractivity contribution in [1.82, 2.24) is 15.2 Å². The second kappa shape index (κ2) is 6.11. The first-order valence-electron chi connectivity index (χ1n) is 5.70. The van der Waals surface area contributed by atoms with Gasteiger partial charge < -0.3 is 9.84 Å². The molecule has 0 saturated heterocycles. The number of carbonyl (C=O) groups is 1. The van der Waals surface area contributed by atoms with Crippen LogP contribution in [0.1, 0.15) is 28.1 Å². The maximum absolute atomic E-state index is 11.7. The molecule has 0 aromatic carbocycles. The third kappa shape index (κ3) is 3.09. The van der Waals surface area contributed by atoms with E-state index in [0.717, 1.165) is 0 Å². The summed E-state index contributed by atoms with van der Waals surface area (Å²) in [6, 6.07) is 3.47. The number of hydrogen-bond acceptors (Lipinski definition) is 7. The maximum atomic E-state index is 11.7. The largest absolute Gasteiger partial charge is 0.506 e. The Hall–Kier alpha value is -2.48. The van der Waals surface area contributed by atoms with Crippen molar-refractivity contribution in [1.29, 1.82) is 0 Å². The van der Waals surface area contributed by atoms with Gasteiger partial charge in [-0.2, -0.15) is 0 Å². The number of nitrogens with zero attached hydrogens (tertiary/aromatic N) is 2. The molecule has 0 atom stereocenters. The van der Waals surface area contributed by atoms with Crippen LogP contribution in [0.4, 0.5) is 0 Å². The topological polar surface area (TPSA) is 105 Å². The molecule has 104 valence electrons. The predicted octanol–water partition coefficient (Wildman–Crippen LogP) is 1.46. The van der Waals surface area contributed by atoms with Crippen LogP contribution in [-0.4, -0.2) is 32.9 Å². The highest BCUT2D eigenvalue weighted by Gasteiger charge is 2.12. The van der Waals surface area contributed by atoms with Crippen LogP contribution in [0, 0.1) is 0 Å². The summed E-state index contributed by atoms with van der Waals surface area (Å²) < 4.78 is 4.69. The van der Waals surface area contributed by atoms with Gasteiger partial charge >= 0.3 is 5.97 Å². The number of H-pyrrole nitrogens is 1. The first-order valence-corrected chi connectivity index (χ1v) is 6.58. The van der Waals surface area contributed by atoms with Crippen LogP contribution < -0.4 is 5.56 Å². The lowest BCUT2D eigenvalue weighted by atomic mass is 10.3. The van der Waals surface area contributed by atoms with E-state index in [1.165, 1.54) is 17.4 Å². The summed E-state index contributed by atoms with van der Waals surface area (Å²) in [4.78, 5) is 25.9. The van der Waals surface area contributed by atoms with Crippen molar-refractivity contribution in [2.45, 2.75) is 6.92 Å². The Kier molecular flexibility index (Phi) is 4.26. The van der Waals surface area contributed by atoms with Crippen LogP contribution in [0.2, 0.25) is 0 Å². The van der Waals surface area contributed by atoms with E-state index in [9.17, 15) is 14.7 Å². The molecule has 0 amide bonds. The zero-order valence-corrected chi connectivity index (χ0v) is 11.3. The lowest BCUT2D eigenvalue weighted by Gasteiger charge is -2.00. The van der Waals surface area contributed by atoms with Gasteiger partial charge in [0.1, 0.15) is 5.76 Å². The number of carbonyl (C=O) groups excluding carboxylic acids is 1. The van der Waals surface area contributed by atoms with E-state index in [2.05, 4.69) is 19.9 Å². The highest BCUT2D eigenvalue weighted by atomic mass is 32.1. The Bertz CT molecular complexity index is 691. The van der Waals surface area contributed by atoms with Gasteiger partial charge in [0.05, 0.1) is 11.5 Å². The molecule has 2 rings (SSSR count). The van der Waals surface area contributed by atoms with Crippen molar-refractivity contribution in [2.24, 2.45) is 0 Å². The first kappa shape index (κ1) is 13.9. The molecule has 2 aromatic heterocycles. The van der Waals surface area contributed by atoms with Gasteiger partial charge in [-0.05, 0) is 18.4 Å². The summed E-state index contributed by atoms with van der Waals surface area (Å²) in [7, 11) is 0. The summed E-state index contributed by atoms with van der Waals surface area (Å²) in [6.07, 6.45) is 1.19. The van der Waals surface area contributed by atoms with Crippen molar-refractivity contribution in [3.63, 3.8) is 0 Å². The number of aliphatic hydroxyl groups is 1. The second-order valence-corrected chi connectivity index (χ2v) is 4.56. The van der Waals surface area contributed by atoms with Gasteiger partial charge in [0.2, 0.25) is 5.82 Å². The van der Waals surface area contributed by atoms with Crippen molar-refractivity contribution in [2.75, 3.05) is 6.61 Å². The Balaban J connectivity index is 2.29. The standard InChI is InChI=1S/C12H11N3O4S/c1-2-19-12(18)10-13-11(17)7(14-15-10)6-8(16)9-4-3-5-20-9/h3-6,16H,2H2,1H3,(H,13,15,17). The molecule has 0 spiro atoms. The maximum Gasteiger partial charge on any atom is 0.376 e. The molecule has 0 radical (unpaired) electrons. The third-order valence-corrected chi connectivity index (χ3v) is 3.13. The van der Waals surface area contributed by atoms with Crippen LogP contribution in [0.5, 0.6) is 0 Å². The molecule has 20 heavy (non-hydrogen) atoms. The lowest BCUT2D eigenvalue weighted by molar-refractivity contribution is 0.0510. The molecule has 0 fully saturated rings. The zero-order valence-electron chi connectivity index (χ0n) is 10.5. The first-order chi connectivity index (χ1) is 9.61. The number of nitrogens with one attached hydrogen (secondary N) is 1. The molecule has 7 nitrogen and oxygen atoms in total. The van der Waals surface area contributed by atoms with Gasteiger partial charge in [-0.25, -0.2) is 4.79 Å². The average Bonchev–Trinajstić information content (AvgIpc) is 2.95. The molecule has 2 aromatic rings. The number of hydrogen-bond donors (Lipinski definition) is 2. The minimum absolute atomic E-state index is 0.0936. The van der Waals surface area contributed by atoms with E-state index >= 15 is 0 Å². The van der Waals surface area contributed by atoms with Crippen LogP contribution in [0.25, 0.3) is 11.8 Å². The summed E-state index contributed by atoms with van der Waals surface area (Å²) >= 11 is 1.32. The predicted molar refractivity (Wildman–Crippen MR) is 73.4 cm³/mol. The van der Waals surface area contributed by atoms with Gasteiger partial charge in [-0.3, -0.25) is 9.78 Å². The molecule has 8 heteroatoms. The second-order valence-electron chi connectivity index (χ2n) is 3.62. The fraction of sp³-hybridized carbons (Fsp3) is 0.167. The Labute approximate surface area is 117 Å². The molecule has 0 saturated carbocycles. The number of rotatable bonds is 4. The van der Waals surface area contributed by atoms with Crippen molar-refractivity contribution in [3.8, 4) is 0 Å². The van der Waals surface area contributed by atoms with Crippen LogP contribution in [0.3, 0.4) is 0 Å². The van der Waals surface area contributed by atoms with E-state index in [4.69, 9.17) is 0 Å². The van der Waals surface area contributed by atoms with Crippen molar-refractivity contribution in [3.05, 3.63) is 44.3 Å². The molecular weight excluding hydrogens is 282 g/mol. The fourth-order valence-corrected chi connectivity index (χ4v) is 2.00. The third-order valence-electron chi connectivity index (χ3n) is 2.24. The summed E-state index contributed by atoms with van der Waals surface area (Å²) in [6.45, 7) is 1.81. The average molecular weight is 293 g/mol. The smallest absolute Gasteiger partial charge is 0.376 e.